The standard InChI is InChI=1S/C27H34N2O6S2.C27H32N2O6S2.C9H12N2O7S2.C7H5ClO4S.C7H5ClO.C7H6O7S2.H3N.3Na.3H/c2*1-5-28(6-2)22-13-9-20(10-14-22)27(21-11-15-23(16-12-21)29(7-3)8-4)25-19-24(36(30,31)32)17-18-26(25)37(33,34)35;10-9(11)4-7(12)6-3-5(19(13,14)15)1-2-8(6)20(16,17)18;8-7-2-1-6(13(10,11)12)3-5(7)4-9;8-7-4-2-1-3-6(7)5-9;8-4-5-3-6(15(9,10)11)1-2-7(5)16(12,13)14;;;;;;;/h9-19,27H,5-8H2,1-4H3,(H,30,31,32)(H,33,34,35);9-19H,5-8H2,1-4H3,(H-,30,31,32,33,34,35);1-3,7,12H,4H2,(H3,10,11)(H,13,14,15)(H,16,17,18);1-4H,(H,10,11,12);1-5H;1-4H,(H,9,10,11)(H,12,13,14);1H3;;;;;;/q;;;;;;;3*+1;3*-1/p+2. The molecule has 0 aromatic heterocycles. The number of nitrogens with two attached hydrogens (primary N) is 1. The van der Waals surface area contributed by atoms with Gasteiger partial charge in [0.15, 0.2) is 24.6 Å². The van der Waals surface area contributed by atoms with E-state index in [1.165, 1.54) is 6.07 Å². The summed E-state index contributed by atoms with van der Waals surface area (Å²) in [7, 11) is -41.5. The number of halogens is 2. The zero-order valence-corrected chi connectivity index (χ0v) is 90.2. The predicted octanol–water partition coefficient (Wildman–Crippen LogP) is 4.31. The molecule has 9 aromatic carbocycles. The second kappa shape index (κ2) is 55.0. The molecule has 0 aliphatic heterocycles. The van der Waals surface area contributed by atoms with E-state index in [0.717, 1.165) is 148 Å². The van der Waals surface area contributed by atoms with Gasteiger partial charge in [-0.1, -0.05) is 77.8 Å². The quantitative estimate of drug-likeness (QED) is 0.00547. The molecule has 1 aliphatic carbocycles. The van der Waals surface area contributed by atoms with Crippen LogP contribution < -0.4 is 115 Å². The first-order valence-corrected chi connectivity index (χ1v) is 52.5. The van der Waals surface area contributed by atoms with Crippen LogP contribution in [0.5, 0.6) is 0 Å². The molecule has 0 spiro atoms. The number of nitrogens with one attached hydrogen (secondary N) is 1. The third kappa shape index (κ3) is 36.8. The summed E-state index contributed by atoms with van der Waals surface area (Å²) >= 11 is 11.1. The van der Waals surface area contributed by atoms with Gasteiger partial charge >= 0.3 is 88.7 Å². The van der Waals surface area contributed by atoms with Gasteiger partial charge in [-0.25, -0.2) is 4.58 Å². The smallest absolute Gasteiger partial charge is 1.00 e. The number of allylic oxidation sites excluding steroid dienone is 5. The maximum atomic E-state index is 12.4. The summed E-state index contributed by atoms with van der Waals surface area (Å²) < 4.78 is 291. The van der Waals surface area contributed by atoms with Crippen molar-refractivity contribution >= 4 is 167 Å². The average Bonchev–Trinajstić information content (AvgIpc) is 0.754. The molecule has 0 fully saturated rings. The van der Waals surface area contributed by atoms with E-state index in [2.05, 4.69) is 47.0 Å². The third-order valence-corrected chi connectivity index (χ3v) is 28.0. The van der Waals surface area contributed by atoms with Gasteiger partial charge < -0.3 is 36.0 Å². The minimum absolute atomic E-state index is 0. The zero-order valence-electron chi connectivity index (χ0n) is 78.3. The van der Waals surface area contributed by atoms with Crippen molar-refractivity contribution in [2.75, 3.05) is 67.1 Å². The number of quaternary nitrogens is 1. The van der Waals surface area contributed by atoms with Crippen LogP contribution in [0.1, 0.15) is 143 Å². The van der Waals surface area contributed by atoms with Crippen molar-refractivity contribution in [3.8, 4) is 0 Å². The van der Waals surface area contributed by atoms with E-state index in [-0.39, 0.29) is 132 Å². The van der Waals surface area contributed by atoms with Gasteiger partial charge in [0.05, 0.1) is 56.3 Å². The fraction of sp³-hybridized carbons (Fsp3) is 0.226. The number of hydrogen-bond acceptors (Lipinski definition) is 26. The van der Waals surface area contributed by atoms with Crippen molar-refractivity contribution in [3.05, 3.63) is 278 Å². The molecule has 0 amide bonds. The van der Waals surface area contributed by atoms with Crippen LogP contribution in [0.25, 0.3) is 5.57 Å². The largest absolute Gasteiger partial charge is 1.00 e. The number of hydrogen-bond donors (Lipinski definition) is 13. The molecule has 52 heteroatoms. The van der Waals surface area contributed by atoms with Crippen LogP contribution in [0.3, 0.4) is 0 Å². The van der Waals surface area contributed by atoms with Crippen molar-refractivity contribution in [2.24, 2.45) is 5.73 Å². The van der Waals surface area contributed by atoms with E-state index in [0.29, 0.717) is 62.9 Å². The number of aldehydes is 3. The molecule has 1 atom stereocenters. The molecule has 9 aromatic rings. The third-order valence-electron chi connectivity index (χ3n) is 19.4. The number of aliphatic hydroxyl groups excluding tert-OH is 1. The van der Waals surface area contributed by atoms with Gasteiger partial charge in [0.25, 0.3) is 91.1 Å². The SMILES string of the molecule is CCN(CC)c1ccc(C(=C2C=CC(=[N+](CC)CC)C=C2)c2cc(S(=O)(=O)O)ccc2S(=O)(=O)O)cc1.CCN(CC)c1ccc(C(c2ccc(N(CC)CC)cc2)c2cc(S(=O)(=O)O)ccc2S(=O)(=O)O)cc1.N=C(N)CC(O)c1cc(S(=O)(=O)O)ccc1S(=O)(=O)O.O=Cc1cc(S(=O)(=O)O)ccc1Cl.O=Cc1cc(S(=O)(=O)O)ccc1S(=O)(=O)O.O=Cc1ccccc1Cl.[H-].[H-].[H-].[NH4+].[Na+].[Na+].[Na+]. The Bertz CT molecular complexity index is 6930. The first kappa shape index (κ1) is 126. The van der Waals surface area contributed by atoms with Gasteiger partial charge in [-0.3, -0.25) is 60.8 Å². The summed E-state index contributed by atoms with van der Waals surface area (Å²) in [5.74, 6) is -1.22. The number of carbonyl (C=O) groups is 3. The second-order valence-corrected chi connectivity index (χ2v) is 41.1. The van der Waals surface area contributed by atoms with Gasteiger partial charge in [-0.2, -0.15) is 75.8 Å². The number of rotatable bonds is 31. The van der Waals surface area contributed by atoms with Gasteiger partial charge in [0.1, 0.15) is 22.9 Å². The van der Waals surface area contributed by atoms with Gasteiger partial charge in [0, 0.05) is 109 Å². The Hall–Kier alpha value is -7.56. The number of anilines is 3. The Morgan fingerprint density at radius 1 is 0.382 bits per heavy atom. The first-order chi connectivity index (χ1) is 61.3. The van der Waals surface area contributed by atoms with E-state index in [1.54, 1.807) is 24.3 Å². The molecule has 728 valence electrons. The average molecular weight is 2130 g/mol. The van der Waals surface area contributed by atoms with Crippen LogP contribution in [0.15, 0.2) is 262 Å². The van der Waals surface area contributed by atoms with Crippen LogP contribution in [0.2, 0.25) is 10.0 Å². The molecule has 0 heterocycles. The van der Waals surface area contributed by atoms with Crippen molar-refractivity contribution in [2.45, 2.75) is 118 Å². The molecule has 0 bridgehead atoms. The van der Waals surface area contributed by atoms with Gasteiger partial charge in [0.2, 0.25) is 0 Å². The molecule has 0 saturated heterocycles. The normalized spacial score (nSPS) is 12.2. The summed E-state index contributed by atoms with van der Waals surface area (Å²) in [5.41, 5.74) is 11.5. The number of carbonyl (C=O) groups excluding carboxylic acids is 3. The molecule has 38 nitrogen and oxygen atoms in total. The van der Waals surface area contributed by atoms with Crippen molar-refractivity contribution < 1.29 is 234 Å². The second-order valence-electron chi connectivity index (χ2n) is 27.6. The molecule has 0 radical (unpaired) electrons. The monoisotopic (exact) mass is 2130 g/mol. The fourth-order valence-corrected chi connectivity index (χ4v) is 18.6. The molecule has 10 rings (SSSR count). The van der Waals surface area contributed by atoms with E-state index in [4.69, 9.17) is 57.1 Å². The Kier molecular flexibility index (Phi) is 51.2. The summed E-state index contributed by atoms with van der Waals surface area (Å²) in [6.07, 6.45) is 6.57. The van der Waals surface area contributed by atoms with Crippen LogP contribution >= 0.6 is 23.2 Å². The molecule has 136 heavy (non-hydrogen) atoms. The van der Waals surface area contributed by atoms with Crippen LogP contribution in [0, 0.1) is 5.41 Å². The minimum Gasteiger partial charge on any atom is -1.00 e. The summed E-state index contributed by atoms with van der Waals surface area (Å²) in [6.45, 7) is 22.9. The maximum Gasteiger partial charge on any atom is 1.00 e. The van der Waals surface area contributed by atoms with Crippen molar-refractivity contribution in [3.63, 3.8) is 0 Å². The fourth-order valence-electron chi connectivity index (χ4n) is 12.9. The van der Waals surface area contributed by atoms with E-state index in [9.17, 15) is 113 Å². The predicted molar refractivity (Wildman–Crippen MR) is 506 cm³/mol. The number of aliphatic hydroxyl groups is 1. The number of nitrogens with zero attached hydrogens (tertiary/aromatic N) is 4. The van der Waals surface area contributed by atoms with Crippen molar-refractivity contribution in [1.29, 1.82) is 5.41 Å². The molecule has 1 unspecified atom stereocenters. The van der Waals surface area contributed by atoms with Gasteiger partial charge in [-0.15, -0.1) is 0 Å². The first-order valence-electron chi connectivity index (χ1n) is 38.8. The Morgan fingerprint density at radius 2 is 0.691 bits per heavy atom. The molecule has 17 N–H and O–H groups in total. The van der Waals surface area contributed by atoms with Crippen LogP contribution in [-0.4, -0.2) is 209 Å². The molecule has 1 aliphatic rings. The maximum absolute atomic E-state index is 12.4. The van der Waals surface area contributed by atoms with Crippen LogP contribution in [-0.2, 0) is 91.1 Å². The minimum atomic E-state index is -4.73. The van der Waals surface area contributed by atoms with Crippen molar-refractivity contribution in [1.82, 2.24) is 6.15 Å². The topological polar surface area (TPSA) is 660 Å². The van der Waals surface area contributed by atoms with Crippen LogP contribution in [0.4, 0.5) is 17.1 Å². The molecule has 0 saturated carbocycles. The number of amidine groups is 1. The molecular weight excluding hydrogens is 2030 g/mol. The Labute approximate surface area is 872 Å². The Balaban J connectivity index is -0.00000168. The zero-order chi connectivity index (χ0) is 99.8. The summed E-state index contributed by atoms with van der Waals surface area (Å²) in [4.78, 5) is 32.5. The van der Waals surface area contributed by atoms with E-state index in [1.807, 2.05) is 125 Å². The van der Waals surface area contributed by atoms with E-state index >= 15 is 0 Å². The number of benzene rings is 9. The Morgan fingerprint density at radius 3 is 1.02 bits per heavy atom. The van der Waals surface area contributed by atoms with E-state index < -0.39 is 166 Å². The summed E-state index contributed by atoms with van der Waals surface area (Å²) in [6, 6.07) is 43.3. The molecular formula is C84H102Cl2N7Na3O31S9+2. The van der Waals surface area contributed by atoms with Gasteiger partial charge in [-0.05, 0) is 234 Å². The summed E-state index contributed by atoms with van der Waals surface area (Å²) in [5, 5.41) is 17.4.